The number of nitrogens with two attached hydrogens (primary N) is 1. The Morgan fingerprint density at radius 2 is 2.07 bits per heavy atom. The lowest BCUT2D eigenvalue weighted by molar-refractivity contribution is 0.431. The largest absolute Gasteiger partial charge is 0.399 e. The van der Waals surface area contributed by atoms with Gasteiger partial charge in [-0.25, -0.2) is 0 Å². The van der Waals surface area contributed by atoms with Crippen molar-refractivity contribution in [2.75, 3.05) is 5.73 Å². The molecule has 2 N–H and O–H groups in total. The third kappa shape index (κ3) is 1.48. The molecule has 0 heterocycles. The lowest BCUT2D eigenvalue weighted by atomic mass is 9.74. The highest BCUT2D eigenvalue weighted by Gasteiger charge is 2.41. The maximum absolute atomic E-state index is 9.43. The van der Waals surface area contributed by atoms with E-state index in [9.17, 15) is 5.26 Å². The molecule has 1 aromatic rings. The van der Waals surface area contributed by atoms with Crippen LogP contribution in [-0.4, -0.2) is 0 Å². The summed E-state index contributed by atoms with van der Waals surface area (Å²) in [5.74, 6) is 0.450. The Morgan fingerprint density at radius 1 is 1.40 bits per heavy atom. The second kappa shape index (κ2) is 3.58. The lowest BCUT2D eigenvalue weighted by Crippen LogP contribution is -2.26. The van der Waals surface area contributed by atoms with Crippen LogP contribution in [0.2, 0.25) is 0 Å². The van der Waals surface area contributed by atoms with E-state index >= 15 is 0 Å². The highest BCUT2D eigenvalue weighted by Crippen LogP contribution is 2.45. The first kappa shape index (κ1) is 10.0. The van der Waals surface area contributed by atoms with Gasteiger partial charge in [0, 0.05) is 5.69 Å². The molecule has 15 heavy (non-hydrogen) atoms. The Bertz CT molecular complexity index is 388. The van der Waals surface area contributed by atoms with Crippen molar-refractivity contribution in [2.45, 2.75) is 31.6 Å². The van der Waals surface area contributed by atoms with Crippen molar-refractivity contribution in [3.63, 3.8) is 0 Å². The third-order valence-electron chi connectivity index (χ3n) is 3.67. The molecule has 2 atom stereocenters. The van der Waals surface area contributed by atoms with Crippen LogP contribution in [0, 0.1) is 17.2 Å². The van der Waals surface area contributed by atoms with Crippen molar-refractivity contribution in [3.05, 3.63) is 29.8 Å². The van der Waals surface area contributed by atoms with Crippen LogP contribution < -0.4 is 5.73 Å². The zero-order chi connectivity index (χ0) is 10.9. The van der Waals surface area contributed by atoms with Gasteiger partial charge < -0.3 is 5.73 Å². The van der Waals surface area contributed by atoms with Crippen LogP contribution in [0.4, 0.5) is 5.69 Å². The molecule has 78 valence electrons. The topological polar surface area (TPSA) is 49.8 Å². The summed E-state index contributed by atoms with van der Waals surface area (Å²) < 4.78 is 0. The van der Waals surface area contributed by atoms with Gasteiger partial charge >= 0.3 is 0 Å². The highest BCUT2D eigenvalue weighted by atomic mass is 14.5. The van der Waals surface area contributed by atoms with Crippen molar-refractivity contribution in [2.24, 2.45) is 5.92 Å². The molecule has 0 aromatic heterocycles. The Labute approximate surface area is 90.7 Å². The Kier molecular flexibility index (Phi) is 2.40. The van der Waals surface area contributed by atoms with Gasteiger partial charge in [-0.05, 0) is 36.5 Å². The second-order valence-corrected chi connectivity index (χ2v) is 4.50. The van der Waals surface area contributed by atoms with Crippen LogP contribution in [0.5, 0.6) is 0 Å². The van der Waals surface area contributed by atoms with Crippen LogP contribution in [-0.2, 0) is 5.41 Å². The van der Waals surface area contributed by atoms with Gasteiger partial charge in [0.2, 0.25) is 0 Å². The average Bonchev–Trinajstić information content (AvgIpc) is 2.62. The summed E-state index contributed by atoms with van der Waals surface area (Å²) in [5, 5.41) is 9.43. The molecule has 1 aromatic carbocycles. The first-order chi connectivity index (χ1) is 7.19. The molecule has 2 nitrogen and oxygen atoms in total. The molecule has 0 amide bonds. The van der Waals surface area contributed by atoms with Crippen molar-refractivity contribution in [1.29, 1.82) is 5.26 Å². The predicted octanol–water partition coefficient (Wildman–Crippen LogP) is 2.85. The zero-order valence-corrected chi connectivity index (χ0v) is 9.03. The SMILES string of the molecule is CC1CCCC1(C#N)c1ccc(N)cc1. The summed E-state index contributed by atoms with van der Waals surface area (Å²) in [4.78, 5) is 0. The van der Waals surface area contributed by atoms with Gasteiger partial charge in [-0.1, -0.05) is 25.5 Å². The van der Waals surface area contributed by atoms with Gasteiger partial charge in [-0.3, -0.25) is 0 Å². The van der Waals surface area contributed by atoms with Crippen molar-refractivity contribution >= 4 is 5.69 Å². The highest BCUT2D eigenvalue weighted by molar-refractivity contribution is 5.44. The summed E-state index contributed by atoms with van der Waals surface area (Å²) in [7, 11) is 0. The molecule has 0 bridgehead atoms. The van der Waals surface area contributed by atoms with E-state index < -0.39 is 0 Å². The molecular weight excluding hydrogens is 184 g/mol. The standard InChI is InChI=1S/C13H16N2/c1-10-3-2-8-13(10,9-14)11-4-6-12(15)7-5-11/h4-7,10H,2-3,8,15H2,1H3. The predicted molar refractivity (Wildman–Crippen MR) is 61.2 cm³/mol. The minimum Gasteiger partial charge on any atom is -0.399 e. The average molecular weight is 200 g/mol. The molecule has 2 rings (SSSR count). The summed E-state index contributed by atoms with van der Waals surface area (Å²) in [6, 6.07) is 10.3. The smallest absolute Gasteiger partial charge is 0.0847 e. The number of anilines is 1. The number of benzene rings is 1. The molecule has 1 fully saturated rings. The van der Waals surface area contributed by atoms with E-state index in [-0.39, 0.29) is 5.41 Å². The Morgan fingerprint density at radius 3 is 2.53 bits per heavy atom. The maximum atomic E-state index is 9.43. The number of nitrogens with zero attached hydrogens (tertiary/aromatic N) is 1. The molecule has 2 heteroatoms. The van der Waals surface area contributed by atoms with Crippen LogP contribution in [0.1, 0.15) is 31.7 Å². The molecule has 1 aliphatic carbocycles. The van der Waals surface area contributed by atoms with E-state index in [2.05, 4.69) is 13.0 Å². The van der Waals surface area contributed by atoms with Gasteiger partial charge in [0.25, 0.3) is 0 Å². The number of rotatable bonds is 1. The van der Waals surface area contributed by atoms with E-state index in [0.29, 0.717) is 5.92 Å². The van der Waals surface area contributed by atoms with E-state index in [1.54, 1.807) is 0 Å². The maximum Gasteiger partial charge on any atom is 0.0847 e. The van der Waals surface area contributed by atoms with E-state index in [1.807, 2.05) is 24.3 Å². The van der Waals surface area contributed by atoms with E-state index in [1.165, 1.54) is 0 Å². The fourth-order valence-electron chi connectivity index (χ4n) is 2.62. The molecule has 2 unspecified atom stereocenters. The van der Waals surface area contributed by atoms with Gasteiger partial charge in [0.1, 0.15) is 0 Å². The van der Waals surface area contributed by atoms with Crippen molar-refractivity contribution in [3.8, 4) is 6.07 Å². The monoisotopic (exact) mass is 200 g/mol. The summed E-state index contributed by atoms with van der Waals surface area (Å²) >= 11 is 0. The molecular formula is C13H16N2. The Balaban J connectivity index is 2.43. The number of nitriles is 1. The lowest BCUT2D eigenvalue weighted by Gasteiger charge is -2.26. The third-order valence-corrected chi connectivity index (χ3v) is 3.67. The molecule has 0 saturated heterocycles. The fourth-order valence-corrected chi connectivity index (χ4v) is 2.62. The number of nitrogen functional groups attached to an aromatic ring is 1. The fraction of sp³-hybridized carbons (Fsp3) is 0.462. The zero-order valence-electron chi connectivity index (χ0n) is 9.03. The van der Waals surface area contributed by atoms with Crippen molar-refractivity contribution in [1.82, 2.24) is 0 Å². The second-order valence-electron chi connectivity index (χ2n) is 4.50. The van der Waals surface area contributed by atoms with Crippen LogP contribution in [0.3, 0.4) is 0 Å². The summed E-state index contributed by atoms with van der Waals surface area (Å²) in [5.41, 5.74) is 7.28. The minimum atomic E-state index is -0.270. The van der Waals surface area contributed by atoms with Gasteiger partial charge in [0.05, 0.1) is 11.5 Å². The molecule has 0 spiro atoms. The molecule has 1 saturated carbocycles. The van der Waals surface area contributed by atoms with Crippen molar-refractivity contribution < 1.29 is 0 Å². The van der Waals surface area contributed by atoms with Gasteiger partial charge in [0.15, 0.2) is 0 Å². The quantitative estimate of drug-likeness (QED) is 0.709. The summed E-state index contributed by atoms with van der Waals surface area (Å²) in [6.07, 6.45) is 3.28. The molecule has 1 aliphatic rings. The minimum absolute atomic E-state index is 0.270. The van der Waals surface area contributed by atoms with Gasteiger partial charge in [-0.15, -0.1) is 0 Å². The van der Waals surface area contributed by atoms with Crippen LogP contribution in [0.15, 0.2) is 24.3 Å². The van der Waals surface area contributed by atoms with Gasteiger partial charge in [-0.2, -0.15) is 5.26 Å². The van der Waals surface area contributed by atoms with Crippen LogP contribution in [0.25, 0.3) is 0 Å². The molecule has 0 aliphatic heterocycles. The van der Waals surface area contributed by atoms with E-state index in [4.69, 9.17) is 5.73 Å². The first-order valence-electron chi connectivity index (χ1n) is 5.46. The normalized spacial score (nSPS) is 30.0. The number of hydrogen-bond donors (Lipinski definition) is 1. The number of hydrogen-bond acceptors (Lipinski definition) is 2. The van der Waals surface area contributed by atoms with Crippen LogP contribution >= 0.6 is 0 Å². The summed E-state index contributed by atoms with van der Waals surface area (Å²) in [6.45, 7) is 2.17. The molecule has 0 radical (unpaired) electrons. The first-order valence-corrected chi connectivity index (χ1v) is 5.46. The van der Waals surface area contributed by atoms with E-state index in [0.717, 1.165) is 30.5 Å². The Hall–Kier alpha value is -1.49.